The van der Waals surface area contributed by atoms with Crippen molar-refractivity contribution in [1.82, 2.24) is 40.9 Å². The summed E-state index contributed by atoms with van der Waals surface area (Å²) in [5.74, 6) is -3.29. The first-order valence-corrected chi connectivity index (χ1v) is 25.1. The van der Waals surface area contributed by atoms with Gasteiger partial charge in [-0.25, -0.2) is 4.98 Å². The summed E-state index contributed by atoms with van der Waals surface area (Å²) in [5, 5.41) is 22.6. The highest BCUT2D eigenvalue weighted by molar-refractivity contribution is 7.13. The van der Waals surface area contributed by atoms with Crippen molar-refractivity contribution in [3.63, 3.8) is 0 Å². The number of aliphatic hydroxyl groups is 1. The first-order valence-electron chi connectivity index (χ1n) is 24.2. The molecule has 4 amide bonds. The van der Waals surface area contributed by atoms with E-state index in [1.54, 1.807) is 16.8 Å². The number of benzene rings is 2. The number of unbranched alkanes of at least 4 members (excludes halogenated alkanes) is 1. The van der Waals surface area contributed by atoms with Crippen molar-refractivity contribution in [2.75, 3.05) is 79.0 Å². The quantitative estimate of drug-likeness (QED) is 0.0482. The summed E-state index contributed by atoms with van der Waals surface area (Å²) in [6.45, 7) is 16.1. The number of aliphatic hydroxyl groups excluding tert-OH is 1. The molecule has 0 saturated carbocycles. The molecular formula is C50H69F3N8O10S. The minimum atomic E-state index is -4.74. The Kier molecular flexibility index (Phi) is 22.5. The van der Waals surface area contributed by atoms with Gasteiger partial charge in [0.15, 0.2) is 0 Å². The van der Waals surface area contributed by atoms with Gasteiger partial charge in [0.05, 0.1) is 61.8 Å². The van der Waals surface area contributed by atoms with Crippen molar-refractivity contribution in [1.29, 1.82) is 0 Å². The van der Waals surface area contributed by atoms with Crippen LogP contribution < -0.4 is 16.0 Å². The molecule has 1 aliphatic heterocycles. The van der Waals surface area contributed by atoms with Crippen LogP contribution in [0.25, 0.3) is 21.8 Å². The average Bonchev–Trinajstić information content (AvgIpc) is 4.11. The fourth-order valence-corrected chi connectivity index (χ4v) is 8.74. The van der Waals surface area contributed by atoms with Gasteiger partial charge in [-0.2, -0.15) is 18.2 Å². The van der Waals surface area contributed by atoms with Gasteiger partial charge in [0.25, 0.3) is 5.91 Å². The second-order valence-corrected chi connectivity index (χ2v) is 19.6. The van der Waals surface area contributed by atoms with Crippen LogP contribution in [-0.2, 0) is 46.1 Å². The van der Waals surface area contributed by atoms with E-state index < -0.39 is 47.5 Å². The van der Waals surface area contributed by atoms with Gasteiger partial charge < -0.3 is 54.3 Å². The minimum Gasteiger partial charge on any atom is -0.391 e. The number of hydrogen-bond acceptors (Lipinski definition) is 15. The number of amides is 4. The van der Waals surface area contributed by atoms with Gasteiger partial charge in [-0.1, -0.05) is 69.2 Å². The lowest BCUT2D eigenvalue weighted by molar-refractivity contribution is -0.159. The van der Waals surface area contributed by atoms with Crippen LogP contribution in [0.3, 0.4) is 0 Å². The van der Waals surface area contributed by atoms with Gasteiger partial charge in [0.1, 0.15) is 18.7 Å². The first kappa shape index (κ1) is 57.5. The number of nitrogens with one attached hydrogen (secondary N) is 3. The Labute approximate surface area is 422 Å². The highest BCUT2D eigenvalue weighted by Crippen LogP contribution is 2.30. The molecule has 22 heteroatoms. The monoisotopic (exact) mass is 1030 g/mol. The van der Waals surface area contributed by atoms with Gasteiger partial charge >= 0.3 is 12.1 Å². The summed E-state index contributed by atoms with van der Waals surface area (Å²) in [4.78, 5) is 65.6. The molecular weight excluding hydrogens is 962 g/mol. The third-order valence-electron chi connectivity index (χ3n) is 11.6. The zero-order chi connectivity index (χ0) is 52.3. The van der Waals surface area contributed by atoms with Crippen LogP contribution >= 0.6 is 11.3 Å². The lowest BCUT2D eigenvalue weighted by atomic mass is 9.85. The average molecular weight is 1030 g/mol. The number of hydrogen-bond donors (Lipinski definition) is 4. The minimum absolute atomic E-state index is 0.0286. The standard InChI is InChI=1S/C50H69F3N8O10S/c1-7-18-60(29-33(2)56-45(64)38-16-14-37(15-17-38)44-58-48(71-59-44)50(51,52)53)19-8-9-20-67-21-22-68-23-24-69-25-26-70-31-41(63)57-43(49(4,5)6)47(66)61-30-39(62)27-40(61)46(65)54-28-35-10-12-36(13-11-35)42-34(3)55-32-72-42/h10-17,32-33,39-40,43,62H,7-9,18-31H2,1-6H3,(H,54,65)(H,56,64)(H,57,63)/t33-,39-,40+,43-/m1/s1. The zero-order valence-corrected chi connectivity index (χ0v) is 42.7. The SMILES string of the molecule is CCCN(CCCCOCCOCCOCCOCC(=O)N[C@H](C(=O)N1C[C@H](O)C[C@H]1C(=O)NCc1ccc(-c2scnc2C)cc1)C(C)(C)C)C[C@@H](C)NC(=O)c1ccc(-c2noc(C(F)(F)F)n2)cc1. The van der Waals surface area contributed by atoms with Crippen LogP contribution in [0.5, 0.6) is 0 Å². The number of β-amino-alcohol motifs (C(OH)–C–C–N with tert-alkyl or cyclic N) is 1. The molecule has 0 aliphatic carbocycles. The Hall–Kier alpha value is -5.36. The van der Waals surface area contributed by atoms with Gasteiger partial charge in [0, 0.05) is 49.8 Å². The fourth-order valence-electron chi connectivity index (χ4n) is 7.92. The number of nitrogens with zero attached hydrogens (tertiary/aromatic N) is 5. The summed E-state index contributed by atoms with van der Waals surface area (Å²) < 4.78 is 65.1. The Morgan fingerprint density at radius 2 is 1.53 bits per heavy atom. The van der Waals surface area contributed by atoms with Gasteiger partial charge in [-0.3, -0.25) is 19.2 Å². The van der Waals surface area contributed by atoms with E-state index in [9.17, 15) is 37.5 Å². The maximum absolute atomic E-state index is 13.9. The number of likely N-dealkylation sites (tertiary alicyclic amines) is 1. The van der Waals surface area contributed by atoms with Crippen molar-refractivity contribution in [2.45, 2.75) is 104 Å². The van der Waals surface area contributed by atoms with Gasteiger partial charge in [-0.05, 0) is 74.9 Å². The number of aromatic nitrogens is 3. The van der Waals surface area contributed by atoms with E-state index >= 15 is 0 Å². The molecule has 396 valence electrons. The highest BCUT2D eigenvalue weighted by atomic mass is 32.1. The van der Waals surface area contributed by atoms with E-state index in [0.717, 1.165) is 54.0 Å². The summed E-state index contributed by atoms with van der Waals surface area (Å²) in [5.41, 5.74) is 4.61. The molecule has 0 radical (unpaired) electrons. The Morgan fingerprint density at radius 3 is 2.12 bits per heavy atom. The van der Waals surface area contributed by atoms with Crippen molar-refractivity contribution in [2.24, 2.45) is 5.41 Å². The van der Waals surface area contributed by atoms with Crippen molar-refractivity contribution in [3.8, 4) is 21.8 Å². The molecule has 4 atom stereocenters. The van der Waals surface area contributed by atoms with Crippen LogP contribution in [0.1, 0.15) is 87.8 Å². The molecule has 2 aromatic carbocycles. The van der Waals surface area contributed by atoms with Gasteiger partial charge in [-0.15, -0.1) is 11.3 Å². The predicted molar refractivity (Wildman–Crippen MR) is 263 cm³/mol. The Morgan fingerprint density at radius 1 is 0.889 bits per heavy atom. The van der Waals surface area contributed by atoms with E-state index in [4.69, 9.17) is 18.9 Å². The van der Waals surface area contributed by atoms with E-state index in [0.29, 0.717) is 50.7 Å². The van der Waals surface area contributed by atoms with Crippen LogP contribution in [0.15, 0.2) is 58.6 Å². The van der Waals surface area contributed by atoms with E-state index in [1.165, 1.54) is 29.2 Å². The molecule has 4 aromatic rings. The Balaban J connectivity index is 0.881. The maximum Gasteiger partial charge on any atom is 0.471 e. The van der Waals surface area contributed by atoms with Gasteiger partial charge in [0.2, 0.25) is 23.5 Å². The fraction of sp³-hybridized carbons (Fsp3) is 0.580. The number of halogens is 3. The van der Waals surface area contributed by atoms with Crippen molar-refractivity contribution in [3.05, 3.63) is 76.8 Å². The third-order valence-corrected chi connectivity index (χ3v) is 12.6. The number of aryl methyl sites for hydroxylation is 1. The van der Waals surface area contributed by atoms with Crippen LogP contribution in [0.2, 0.25) is 0 Å². The molecule has 0 bridgehead atoms. The molecule has 2 aromatic heterocycles. The molecule has 72 heavy (non-hydrogen) atoms. The van der Waals surface area contributed by atoms with Crippen molar-refractivity contribution < 1.29 is 60.9 Å². The molecule has 18 nitrogen and oxygen atoms in total. The molecule has 0 unspecified atom stereocenters. The van der Waals surface area contributed by atoms with E-state index in [2.05, 4.69) is 47.4 Å². The molecule has 1 aliphatic rings. The van der Waals surface area contributed by atoms with Crippen LogP contribution in [0.4, 0.5) is 13.2 Å². The lowest BCUT2D eigenvalue weighted by Gasteiger charge is -2.35. The highest BCUT2D eigenvalue weighted by Gasteiger charge is 2.44. The molecule has 4 N–H and O–H groups in total. The summed E-state index contributed by atoms with van der Waals surface area (Å²) in [6, 6.07) is 11.7. The lowest BCUT2D eigenvalue weighted by Crippen LogP contribution is -2.58. The molecule has 5 rings (SSSR count). The first-order chi connectivity index (χ1) is 34.3. The molecule has 1 saturated heterocycles. The summed E-state index contributed by atoms with van der Waals surface area (Å²) in [7, 11) is 0. The summed E-state index contributed by atoms with van der Waals surface area (Å²) in [6.07, 6.45) is -2.84. The number of rotatable bonds is 29. The summed E-state index contributed by atoms with van der Waals surface area (Å²) >= 11 is 1.56. The normalized spacial score (nSPS) is 16.0. The number of carbonyl (C=O) groups excluding carboxylic acids is 4. The van der Waals surface area contributed by atoms with E-state index in [-0.39, 0.29) is 63.0 Å². The largest absolute Gasteiger partial charge is 0.471 e. The Bertz CT molecular complexity index is 2310. The molecule has 0 spiro atoms. The third kappa shape index (κ3) is 18.3. The number of thiazole rings is 1. The topological polar surface area (TPSA) is 220 Å². The predicted octanol–water partition coefficient (Wildman–Crippen LogP) is 5.67. The number of carbonyl (C=O) groups is 4. The number of alkyl halides is 3. The second-order valence-electron chi connectivity index (χ2n) is 18.7. The maximum atomic E-state index is 13.9. The second kappa shape index (κ2) is 28.2. The van der Waals surface area contributed by atoms with Crippen molar-refractivity contribution >= 4 is 35.0 Å². The van der Waals surface area contributed by atoms with E-state index in [1.807, 2.05) is 58.9 Å². The molecule has 1 fully saturated rings. The molecule has 3 heterocycles. The van der Waals surface area contributed by atoms with Crippen LogP contribution in [0, 0.1) is 12.3 Å². The zero-order valence-electron chi connectivity index (χ0n) is 41.9. The smallest absolute Gasteiger partial charge is 0.391 e. The number of ether oxygens (including phenoxy) is 4. The van der Waals surface area contributed by atoms with Crippen LogP contribution in [-0.4, -0.2) is 157 Å².